The minimum absolute atomic E-state index is 0.194. The summed E-state index contributed by atoms with van der Waals surface area (Å²) in [5.74, 6) is -1.07. The topological polar surface area (TPSA) is 71.9 Å². The van der Waals surface area contributed by atoms with E-state index in [1.54, 1.807) is 0 Å². The van der Waals surface area contributed by atoms with Gasteiger partial charge in [-0.25, -0.2) is 0 Å². The monoisotopic (exact) mass is 300 g/mol. The van der Waals surface area contributed by atoms with Crippen LogP contribution in [0.4, 0.5) is 0 Å². The molecule has 0 saturated carbocycles. The molecule has 122 valence electrons. The SMILES string of the molecule is CC[NH+]1CCC[C@@H]1CNC(=O)C(=O)NCCCOC(C)C. The first-order valence-electron chi connectivity index (χ1n) is 8.06. The Balaban J connectivity index is 2.12. The first-order valence-corrected chi connectivity index (χ1v) is 8.06. The highest BCUT2D eigenvalue weighted by molar-refractivity contribution is 6.35. The molecule has 21 heavy (non-hydrogen) atoms. The predicted molar refractivity (Wildman–Crippen MR) is 81.1 cm³/mol. The Morgan fingerprint density at radius 1 is 1.29 bits per heavy atom. The Bertz CT molecular complexity index is 334. The zero-order valence-electron chi connectivity index (χ0n) is 13.5. The highest BCUT2D eigenvalue weighted by atomic mass is 16.5. The molecule has 0 aromatic rings. The average molecular weight is 300 g/mol. The third-order valence-corrected chi connectivity index (χ3v) is 3.86. The van der Waals surface area contributed by atoms with Gasteiger partial charge >= 0.3 is 11.8 Å². The van der Waals surface area contributed by atoms with Gasteiger partial charge in [0.1, 0.15) is 6.04 Å². The van der Waals surface area contributed by atoms with Gasteiger partial charge in [0.05, 0.1) is 25.7 Å². The van der Waals surface area contributed by atoms with Crippen molar-refractivity contribution in [2.24, 2.45) is 0 Å². The van der Waals surface area contributed by atoms with Gasteiger partial charge in [0, 0.05) is 26.0 Å². The first kappa shape index (κ1) is 17.9. The molecule has 0 aliphatic carbocycles. The molecule has 0 aromatic carbocycles. The van der Waals surface area contributed by atoms with Crippen LogP contribution in [0.1, 0.15) is 40.0 Å². The number of rotatable bonds is 8. The maximum absolute atomic E-state index is 11.7. The number of quaternary nitrogens is 1. The van der Waals surface area contributed by atoms with E-state index in [2.05, 4.69) is 17.6 Å². The Morgan fingerprint density at radius 2 is 2.00 bits per heavy atom. The van der Waals surface area contributed by atoms with E-state index in [0.717, 1.165) is 13.0 Å². The van der Waals surface area contributed by atoms with Gasteiger partial charge in [-0.1, -0.05) is 0 Å². The van der Waals surface area contributed by atoms with Gasteiger partial charge in [-0.3, -0.25) is 9.59 Å². The molecule has 1 heterocycles. The molecule has 6 nitrogen and oxygen atoms in total. The molecular weight excluding hydrogens is 270 g/mol. The standard InChI is InChI=1S/C15H29N3O3/c1-4-18-9-5-7-13(18)11-17-15(20)14(19)16-8-6-10-21-12(2)3/h12-13H,4-11H2,1-3H3,(H,16,19)(H,17,20)/p+1/t13-/m1/s1. The summed E-state index contributed by atoms with van der Waals surface area (Å²) in [6.45, 7) is 9.98. The van der Waals surface area contributed by atoms with E-state index < -0.39 is 11.8 Å². The van der Waals surface area contributed by atoms with E-state index in [1.165, 1.54) is 17.9 Å². The van der Waals surface area contributed by atoms with E-state index >= 15 is 0 Å². The van der Waals surface area contributed by atoms with E-state index in [0.29, 0.717) is 32.2 Å². The van der Waals surface area contributed by atoms with E-state index in [4.69, 9.17) is 4.74 Å². The lowest BCUT2D eigenvalue weighted by Crippen LogP contribution is -3.14. The van der Waals surface area contributed by atoms with Crippen LogP contribution in [0.5, 0.6) is 0 Å². The predicted octanol–water partition coefficient (Wildman–Crippen LogP) is -0.899. The molecule has 1 saturated heterocycles. The van der Waals surface area contributed by atoms with Crippen molar-refractivity contribution in [3.8, 4) is 0 Å². The van der Waals surface area contributed by atoms with Crippen LogP contribution in [-0.4, -0.2) is 56.7 Å². The first-order chi connectivity index (χ1) is 10.0. The number of hydrogen-bond acceptors (Lipinski definition) is 3. The fourth-order valence-corrected chi connectivity index (χ4v) is 2.67. The number of nitrogens with one attached hydrogen (secondary N) is 3. The lowest BCUT2D eigenvalue weighted by Gasteiger charge is -2.19. The van der Waals surface area contributed by atoms with Crippen LogP contribution in [0.3, 0.4) is 0 Å². The molecular formula is C15H30N3O3+. The number of carbonyl (C=O) groups is 2. The smallest absolute Gasteiger partial charge is 0.309 e. The van der Waals surface area contributed by atoms with Crippen LogP contribution >= 0.6 is 0 Å². The molecule has 0 aromatic heterocycles. The summed E-state index contributed by atoms with van der Waals surface area (Å²) in [5, 5.41) is 5.36. The van der Waals surface area contributed by atoms with Gasteiger partial charge in [0.25, 0.3) is 0 Å². The Hall–Kier alpha value is -1.14. The molecule has 6 heteroatoms. The maximum Gasteiger partial charge on any atom is 0.309 e. The minimum atomic E-state index is -0.546. The quantitative estimate of drug-likeness (QED) is 0.402. The summed E-state index contributed by atoms with van der Waals surface area (Å²) in [7, 11) is 0. The lowest BCUT2D eigenvalue weighted by molar-refractivity contribution is -0.909. The van der Waals surface area contributed by atoms with Crippen LogP contribution < -0.4 is 15.5 Å². The third-order valence-electron chi connectivity index (χ3n) is 3.86. The number of likely N-dealkylation sites (N-methyl/N-ethyl adjacent to an activating group) is 1. The molecule has 0 radical (unpaired) electrons. The van der Waals surface area contributed by atoms with Crippen molar-refractivity contribution in [2.75, 3.05) is 32.8 Å². The number of ether oxygens (including phenoxy) is 1. The zero-order valence-corrected chi connectivity index (χ0v) is 13.5. The molecule has 2 atom stereocenters. The van der Waals surface area contributed by atoms with Gasteiger partial charge < -0.3 is 20.3 Å². The van der Waals surface area contributed by atoms with Crippen LogP contribution in [0.15, 0.2) is 0 Å². The number of amides is 2. The summed E-state index contributed by atoms with van der Waals surface area (Å²) in [4.78, 5) is 24.8. The average Bonchev–Trinajstić information content (AvgIpc) is 2.91. The summed E-state index contributed by atoms with van der Waals surface area (Å²) in [6, 6.07) is 0.450. The molecule has 2 amide bonds. The number of carbonyl (C=O) groups excluding carboxylic acids is 2. The van der Waals surface area contributed by atoms with E-state index in [-0.39, 0.29) is 6.10 Å². The second-order valence-corrected chi connectivity index (χ2v) is 5.84. The lowest BCUT2D eigenvalue weighted by atomic mass is 10.2. The molecule has 3 N–H and O–H groups in total. The van der Waals surface area contributed by atoms with Gasteiger partial charge in [0.15, 0.2) is 0 Å². The van der Waals surface area contributed by atoms with E-state index in [1.807, 2.05) is 13.8 Å². The largest absolute Gasteiger partial charge is 0.379 e. The van der Waals surface area contributed by atoms with E-state index in [9.17, 15) is 9.59 Å². The highest BCUT2D eigenvalue weighted by Gasteiger charge is 2.27. The van der Waals surface area contributed by atoms with Crippen molar-refractivity contribution >= 4 is 11.8 Å². The Morgan fingerprint density at radius 3 is 2.67 bits per heavy atom. The molecule has 1 aliphatic rings. The normalized spacial score (nSPS) is 21.5. The summed E-state index contributed by atoms with van der Waals surface area (Å²) < 4.78 is 5.37. The second-order valence-electron chi connectivity index (χ2n) is 5.84. The fraction of sp³-hybridized carbons (Fsp3) is 0.867. The summed E-state index contributed by atoms with van der Waals surface area (Å²) in [6.07, 6.45) is 3.23. The molecule has 1 unspecified atom stereocenters. The van der Waals surface area contributed by atoms with Crippen molar-refractivity contribution < 1.29 is 19.2 Å². The van der Waals surface area contributed by atoms with Crippen LogP contribution in [-0.2, 0) is 14.3 Å². The van der Waals surface area contributed by atoms with Crippen LogP contribution in [0.2, 0.25) is 0 Å². The third kappa shape index (κ3) is 6.91. The Labute approximate surface area is 127 Å². The van der Waals surface area contributed by atoms with Gasteiger partial charge in [-0.15, -0.1) is 0 Å². The molecule has 0 spiro atoms. The zero-order chi connectivity index (χ0) is 15.7. The van der Waals surface area contributed by atoms with Crippen molar-refractivity contribution in [3.63, 3.8) is 0 Å². The van der Waals surface area contributed by atoms with Crippen LogP contribution in [0.25, 0.3) is 0 Å². The van der Waals surface area contributed by atoms with Crippen molar-refractivity contribution in [3.05, 3.63) is 0 Å². The Kier molecular flexibility index (Phi) is 8.30. The van der Waals surface area contributed by atoms with Gasteiger partial charge in [-0.2, -0.15) is 0 Å². The molecule has 1 fully saturated rings. The van der Waals surface area contributed by atoms with Crippen molar-refractivity contribution in [2.45, 2.75) is 52.2 Å². The fourth-order valence-electron chi connectivity index (χ4n) is 2.67. The minimum Gasteiger partial charge on any atom is -0.379 e. The molecule has 1 aliphatic heterocycles. The van der Waals surface area contributed by atoms with Crippen LogP contribution in [0, 0.1) is 0 Å². The second kappa shape index (κ2) is 9.73. The van der Waals surface area contributed by atoms with Crippen molar-refractivity contribution in [1.82, 2.24) is 10.6 Å². The van der Waals surface area contributed by atoms with Gasteiger partial charge in [-0.05, 0) is 27.2 Å². The summed E-state index contributed by atoms with van der Waals surface area (Å²) in [5.41, 5.74) is 0. The number of hydrogen-bond donors (Lipinski definition) is 3. The number of likely N-dealkylation sites (tertiary alicyclic amines) is 1. The highest BCUT2D eigenvalue weighted by Crippen LogP contribution is 1.98. The molecule has 0 bridgehead atoms. The van der Waals surface area contributed by atoms with Gasteiger partial charge in [0.2, 0.25) is 0 Å². The molecule has 1 rings (SSSR count). The van der Waals surface area contributed by atoms with Crippen molar-refractivity contribution in [1.29, 1.82) is 0 Å². The maximum atomic E-state index is 11.7. The summed E-state index contributed by atoms with van der Waals surface area (Å²) >= 11 is 0.